The highest BCUT2D eigenvalue weighted by Gasteiger charge is 2.36. The van der Waals surface area contributed by atoms with Crippen LogP contribution in [0.1, 0.15) is 29.6 Å². The molecule has 1 N–H and O–H groups in total. The molecule has 8 nitrogen and oxygen atoms in total. The predicted molar refractivity (Wildman–Crippen MR) is 119 cm³/mol. The number of hydrogen-bond acceptors (Lipinski definition) is 6. The quantitative estimate of drug-likeness (QED) is 0.641. The molecule has 32 heavy (non-hydrogen) atoms. The fraction of sp³-hybridized carbons (Fsp3) is 0.348. The number of hydrogen-bond donors (Lipinski definition) is 1. The minimum Gasteiger partial charge on any atom is -0.452 e. The number of ether oxygens (including phenoxy) is 1. The zero-order valence-electron chi connectivity index (χ0n) is 17.4. The number of carbonyl (C=O) groups excluding carboxylic acids is 3. The highest BCUT2D eigenvalue weighted by molar-refractivity contribution is 7.91. The lowest BCUT2D eigenvalue weighted by atomic mass is 10.2. The van der Waals surface area contributed by atoms with Crippen molar-refractivity contribution in [2.75, 3.05) is 28.3 Å². The van der Waals surface area contributed by atoms with Gasteiger partial charge in [0.2, 0.25) is 5.91 Å². The molecule has 168 valence electrons. The van der Waals surface area contributed by atoms with Gasteiger partial charge in [0.25, 0.3) is 5.91 Å². The molecule has 0 bridgehead atoms. The van der Waals surface area contributed by atoms with Crippen molar-refractivity contribution >= 4 is 39.0 Å². The molecule has 1 aliphatic heterocycles. The molecule has 2 fully saturated rings. The fourth-order valence-electron chi connectivity index (χ4n) is 3.69. The smallest absolute Gasteiger partial charge is 0.338 e. The fourth-order valence-corrected chi connectivity index (χ4v) is 5.39. The van der Waals surface area contributed by atoms with Gasteiger partial charge in [-0.15, -0.1) is 0 Å². The first-order valence-corrected chi connectivity index (χ1v) is 12.3. The molecular weight excluding hydrogens is 432 g/mol. The van der Waals surface area contributed by atoms with Gasteiger partial charge in [0.05, 0.1) is 23.1 Å². The molecule has 1 atom stereocenters. The Kier molecular flexibility index (Phi) is 6.27. The highest BCUT2D eigenvalue weighted by Crippen LogP contribution is 2.30. The topological polar surface area (TPSA) is 110 Å². The first kappa shape index (κ1) is 22.0. The Morgan fingerprint density at radius 3 is 2.25 bits per heavy atom. The Morgan fingerprint density at radius 2 is 1.66 bits per heavy atom. The average molecular weight is 457 g/mol. The monoisotopic (exact) mass is 456 g/mol. The van der Waals surface area contributed by atoms with Gasteiger partial charge in [-0.25, -0.2) is 13.2 Å². The van der Waals surface area contributed by atoms with E-state index in [0.717, 1.165) is 12.8 Å². The summed E-state index contributed by atoms with van der Waals surface area (Å²) >= 11 is 0. The van der Waals surface area contributed by atoms with Crippen molar-refractivity contribution < 1.29 is 27.5 Å². The number of carbonyl (C=O) groups is 3. The molecule has 0 spiro atoms. The average Bonchev–Trinajstić information content (AvgIpc) is 3.57. The van der Waals surface area contributed by atoms with E-state index >= 15 is 0 Å². The van der Waals surface area contributed by atoms with E-state index in [9.17, 15) is 22.8 Å². The molecule has 1 heterocycles. The minimum absolute atomic E-state index is 0.0255. The lowest BCUT2D eigenvalue weighted by Crippen LogP contribution is -2.43. The summed E-state index contributed by atoms with van der Waals surface area (Å²) in [6.45, 7) is -0.509. The van der Waals surface area contributed by atoms with Crippen molar-refractivity contribution in [3.8, 4) is 0 Å². The van der Waals surface area contributed by atoms with Gasteiger partial charge in [-0.3, -0.25) is 9.59 Å². The SMILES string of the molecule is O=C(OCC(=O)N(c1ccccc1)[C@H]1CCS(=O)(=O)C1)c1ccc(NC(=O)C2CC2)cc1. The van der Waals surface area contributed by atoms with Crippen LogP contribution in [0.2, 0.25) is 0 Å². The molecule has 1 saturated heterocycles. The van der Waals surface area contributed by atoms with Crippen LogP contribution in [0.3, 0.4) is 0 Å². The number of amides is 2. The number of nitrogens with one attached hydrogen (secondary N) is 1. The van der Waals surface area contributed by atoms with Crippen LogP contribution in [0.15, 0.2) is 54.6 Å². The van der Waals surface area contributed by atoms with Crippen LogP contribution in [0.5, 0.6) is 0 Å². The summed E-state index contributed by atoms with van der Waals surface area (Å²) in [6.07, 6.45) is 2.14. The van der Waals surface area contributed by atoms with Crippen LogP contribution in [0.4, 0.5) is 11.4 Å². The molecule has 1 aliphatic carbocycles. The van der Waals surface area contributed by atoms with Gasteiger partial charge in [-0.1, -0.05) is 18.2 Å². The first-order chi connectivity index (χ1) is 15.3. The molecule has 9 heteroatoms. The van der Waals surface area contributed by atoms with E-state index in [1.54, 1.807) is 42.5 Å². The highest BCUT2D eigenvalue weighted by atomic mass is 32.2. The van der Waals surface area contributed by atoms with Crippen molar-refractivity contribution in [2.24, 2.45) is 5.92 Å². The van der Waals surface area contributed by atoms with Crippen LogP contribution >= 0.6 is 0 Å². The Hall–Kier alpha value is -3.20. The van der Waals surface area contributed by atoms with Crippen LogP contribution in [-0.2, 0) is 24.2 Å². The summed E-state index contributed by atoms with van der Waals surface area (Å²) in [7, 11) is -3.20. The second-order valence-corrected chi connectivity index (χ2v) is 10.3. The van der Waals surface area contributed by atoms with Crippen molar-refractivity contribution in [3.63, 3.8) is 0 Å². The summed E-state index contributed by atoms with van der Waals surface area (Å²) in [6, 6.07) is 14.5. The zero-order chi connectivity index (χ0) is 22.7. The van der Waals surface area contributed by atoms with E-state index in [0.29, 0.717) is 17.8 Å². The van der Waals surface area contributed by atoms with Crippen LogP contribution in [-0.4, -0.2) is 50.4 Å². The summed E-state index contributed by atoms with van der Waals surface area (Å²) in [5.74, 6) is -1.20. The molecule has 0 radical (unpaired) electrons. The Bertz CT molecular complexity index is 1110. The van der Waals surface area contributed by atoms with Gasteiger partial charge < -0.3 is 15.0 Å². The van der Waals surface area contributed by atoms with Crippen molar-refractivity contribution in [2.45, 2.75) is 25.3 Å². The number of nitrogens with zero attached hydrogens (tertiary/aromatic N) is 1. The standard InChI is InChI=1S/C23H24N2O6S/c26-21(25(19-4-2-1-3-5-19)20-12-13-32(29,30)15-20)14-31-23(28)17-8-10-18(11-9-17)24-22(27)16-6-7-16/h1-5,8-11,16,20H,6-7,12-15H2,(H,24,27)/t20-/m0/s1. The van der Waals surface area contributed by atoms with E-state index in [1.165, 1.54) is 17.0 Å². The van der Waals surface area contributed by atoms with Crippen molar-refractivity contribution in [1.82, 2.24) is 0 Å². The normalized spacial score (nSPS) is 19.2. The van der Waals surface area contributed by atoms with Gasteiger partial charge in [-0.2, -0.15) is 0 Å². The molecule has 1 saturated carbocycles. The number of rotatable bonds is 7. The minimum atomic E-state index is -3.20. The van der Waals surface area contributed by atoms with Gasteiger partial charge >= 0.3 is 5.97 Å². The molecule has 2 aromatic carbocycles. The lowest BCUT2D eigenvalue weighted by Gasteiger charge is -2.28. The summed E-state index contributed by atoms with van der Waals surface area (Å²) in [5.41, 5.74) is 1.40. The van der Waals surface area contributed by atoms with Crippen LogP contribution in [0.25, 0.3) is 0 Å². The molecule has 2 aromatic rings. The van der Waals surface area contributed by atoms with E-state index in [4.69, 9.17) is 4.74 Å². The number of benzene rings is 2. The number of anilines is 2. The van der Waals surface area contributed by atoms with Crippen molar-refractivity contribution in [1.29, 1.82) is 0 Å². The zero-order valence-corrected chi connectivity index (χ0v) is 18.2. The van der Waals surface area contributed by atoms with Gasteiger partial charge in [0.15, 0.2) is 16.4 Å². The maximum atomic E-state index is 12.9. The maximum absolute atomic E-state index is 12.9. The van der Waals surface area contributed by atoms with Gasteiger partial charge in [0, 0.05) is 17.3 Å². The molecule has 2 aliphatic rings. The largest absolute Gasteiger partial charge is 0.452 e. The van der Waals surface area contributed by atoms with Crippen LogP contribution < -0.4 is 10.2 Å². The third-order valence-corrected chi connectivity index (χ3v) is 7.29. The number of sulfone groups is 1. The molecule has 0 aromatic heterocycles. The summed E-state index contributed by atoms with van der Waals surface area (Å²) in [5, 5.41) is 2.79. The van der Waals surface area contributed by atoms with E-state index in [2.05, 4.69) is 5.32 Å². The van der Waals surface area contributed by atoms with Crippen molar-refractivity contribution in [3.05, 3.63) is 60.2 Å². The molecule has 4 rings (SSSR count). The number of esters is 1. The molecular formula is C23H24N2O6S. The first-order valence-electron chi connectivity index (χ1n) is 10.5. The molecule has 2 amide bonds. The second kappa shape index (κ2) is 9.12. The lowest BCUT2D eigenvalue weighted by molar-refractivity contribution is -0.122. The van der Waals surface area contributed by atoms with E-state index < -0.39 is 34.4 Å². The van der Waals surface area contributed by atoms with Gasteiger partial charge in [0.1, 0.15) is 0 Å². The Labute approximate surface area is 186 Å². The third-order valence-electron chi connectivity index (χ3n) is 5.54. The predicted octanol–water partition coefficient (Wildman–Crippen LogP) is 2.41. The summed E-state index contributed by atoms with van der Waals surface area (Å²) < 4.78 is 29.1. The Morgan fingerprint density at radius 1 is 0.969 bits per heavy atom. The molecule has 0 unspecified atom stereocenters. The maximum Gasteiger partial charge on any atom is 0.338 e. The van der Waals surface area contributed by atoms with E-state index in [-0.39, 0.29) is 28.9 Å². The summed E-state index contributed by atoms with van der Waals surface area (Å²) in [4.78, 5) is 38.6. The second-order valence-electron chi connectivity index (χ2n) is 8.07. The van der Waals surface area contributed by atoms with E-state index in [1.807, 2.05) is 0 Å². The Balaban J connectivity index is 1.39. The number of para-hydroxylation sites is 1. The third kappa shape index (κ3) is 5.34. The van der Waals surface area contributed by atoms with Gasteiger partial charge in [-0.05, 0) is 55.7 Å². The van der Waals surface area contributed by atoms with Crippen LogP contribution in [0, 0.1) is 5.92 Å².